The zero-order valence-electron chi connectivity index (χ0n) is 14.7. The van der Waals surface area contributed by atoms with Gasteiger partial charge in [0.15, 0.2) is 18.2 Å². The third kappa shape index (κ3) is 5.07. The van der Waals surface area contributed by atoms with Crippen molar-refractivity contribution in [2.45, 2.75) is 4.90 Å². The number of halogens is 2. The van der Waals surface area contributed by atoms with Crippen molar-refractivity contribution in [1.82, 2.24) is 4.31 Å². The Labute approximate surface area is 170 Å². The highest BCUT2D eigenvalue weighted by Crippen LogP contribution is 2.22. The van der Waals surface area contributed by atoms with E-state index in [1.807, 2.05) is 0 Å². The van der Waals surface area contributed by atoms with Crippen LogP contribution in [-0.4, -0.2) is 51.5 Å². The highest BCUT2D eigenvalue weighted by atomic mass is 79.9. The summed E-state index contributed by atoms with van der Waals surface area (Å²) in [4.78, 5) is 12.1. The lowest BCUT2D eigenvalue weighted by atomic mass is 10.3. The summed E-state index contributed by atoms with van der Waals surface area (Å²) >= 11 is 3.14. The molecular weight excluding hydrogens is 455 g/mol. The van der Waals surface area contributed by atoms with Crippen LogP contribution in [0, 0.1) is 5.82 Å². The summed E-state index contributed by atoms with van der Waals surface area (Å²) in [6, 6.07) is 10.1. The second-order valence-corrected chi connectivity index (χ2v) is 8.81. The Bertz CT molecular complexity index is 947. The topological polar surface area (TPSA) is 84.9 Å². The first-order valence-electron chi connectivity index (χ1n) is 8.42. The lowest BCUT2D eigenvalue weighted by Crippen LogP contribution is -2.40. The summed E-state index contributed by atoms with van der Waals surface area (Å²) in [5.41, 5.74) is 0.408. The second kappa shape index (κ2) is 8.99. The molecule has 150 valence electrons. The molecule has 0 aliphatic carbocycles. The number of benzene rings is 2. The van der Waals surface area contributed by atoms with Gasteiger partial charge in [0.1, 0.15) is 0 Å². The average Bonchev–Trinajstić information content (AvgIpc) is 2.68. The smallest absolute Gasteiger partial charge is 0.262 e. The van der Waals surface area contributed by atoms with Gasteiger partial charge in [-0.05, 0) is 42.5 Å². The van der Waals surface area contributed by atoms with Gasteiger partial charge < -0.3 is 14.8 Å². The molecule has 0 unspecified atom stereocenters. The molecule has 10 heteroatoms. The first kappa shape index (κ1) is 20.7. The molecule has 1 amide bonds. The van der Waals surface area contributed by atoms with Gasteiger partial charge in [0.05, 0.1) is 18.1 Å². The standard InChI is InChI=1S/C18H18BrFN2O5S/c19-13-1-6-17(16(20)11-13)27-12-18(23)21-14-2-4-15(5-3-14)28(24,25)22-7-9-26-10-8-22/h1-6,11H,7-10,12H2,(H,21,23). The van der Waals surface area contributed by atoms with E-state index in [0.717, 1.165) is 0 Å². The van der Waals surface area contributed by atoms with Crippen LogP contribution in [0.5, 0.6) is 5.75 Å². The van der Waals surface area contributed by atoms with Crippen LogP contribution in [-0.2, 0) is 19.6 Å². The summed E-state index contributed by atoms with van der Waals surface area (Å²) in [6.07, 6.45) is 0. The Hall–Kier alpha value is -2.01. The van der Waals surface area contributed by atoms with E-state index in [0.29, 0.717) is 36.5 Å². The third-order valence-electron chi connectivity index (χ3n) is 4.00. The van der Waals surface area contributed by atoms with Crippen LogP contribution in [0.3, 0.4) is 0 Å². The molecular formula is C18H18BrFN2O5S. The molecule has 2 aromatic rings. The summed E-state index contributed by atoms with van der Waals surface area (Å²) in [5.74, 6) is -1.11. The molecule has 7 nitrogen and oxygen atoms in total. The van der Waals surface area contributed by atoms with Crippen molar-refractivity contribution in [1.29, 1.82) is 0 Å². The molecule has 0 aromatic heterocycles. The summed E-state index contributed by atoms with van der Waals surface area (Å²) in [6.45, 7) is 0.973. The van der Waals surface area contributed by atoms with Crippen LogP contribution in [0.4, 0.5) is 10.1 Å². The van der Waals surface area contributed by atoms with E-state index in [1.54, 1.807) is 6.07 Å². The van der Waals surface area contributed by atoms with E-state index >= 15 is 0 Å². The van der Waals surface area contributed by atoms with E-state index < -0.39 is 21.7 Å². The molecule has 0 atom stereocenters. The van der Waals surface area contributed by atoms with E-state index in [4.69, 9.17) is 9.47 Å². The summed E-state index contributed by atoms with van der Waals surface area (Å²) in [7, 11) is -3.59. The van der Waals surface area contributed by atoms with Crippen molar-refractivity contribution in [3.05, 3.63) is 52.8 Å². The fraction of sp³-hybridized carbons (Fsp3) is 0.278. The highest BCUT2D eigenvalue weighted by molar-refractivity contribution is 9.10. The molecule has 1 N–H and O–H groups in total. The van der Waals surface area contributed by atoms with Crippen LogP contribution in [0.1, 0.15) is 0 Å². The zero-order chi connectivity index (χ0) is 20.1. The number of anilines is 1. The van der Waals surface area contributed by atoms with Gasteiger partial charge >= 0.3 is 0 Å². The minimum atomic E-state index is -3.59. The number of carbonyl (C=O) groups is 1. The molecule has 0 bridgehead atoms. The second-order valence-electron chi connectivity index (χ2n) is 5.95. The van der Waals surface area contributed by atoms with Crippen LogP contribution in [0.2, 0.25) is 0 Å². The van der Waals surface area contributed by atoms with Crippen molar-refractivity contribution in [2.75, 3.05) is 38.2 Å². The Morgan fingerprint density at radius 2 is 1.86 bits per heavy atom. The van der Waals surface area contributed by atoms with Crippen molar-refractivity contribution >= 4 is 37.5 Å². The van der Waals surface area contributed by atoms with Crippen molar-refractivity contribution in [3.8, 4) is 5.75 Å². The lowest BCUT2D eigenvalue weighted by Gasteiger charge is -2.26. The van der Waals surface area contributed by atoms with Gasteiger partial charge in [-0.15, -0.1) is 0 Å². The number of rotatable bonds is 6. The molecule has 3 rings (SSSR count). The summed E-state index contributed by atoms with van der Waals surface area (Å²) in [5, 5.41) is 2.58. The molecule has 1 aliphatic heterocycles. The molecule has 1 fully saturated rings. The first-order chi connectivity index (χ1) is 13.4. The SMILES string of the molecule is O=C(COc1ccc(Br)cc1F)Nc1ccc(S(=O)(=O)N2CCOCC2)cc1. The quantitative estimate of drug-likeness (QED) is 0.698. The van der Waals surface area contributed by atoms with E-state index in [9.17, 15) is 17.6 Å². The van der Waals surface area contributed by atoms with Crippen molar-refractivity contribution in [3.63, 3.8) is 0 Å². The number of carbonyl (C=O) groups excluding carboxylic acids is 1. The Morgan fingerprint density at radius 3 is 2.50 bits per heavy atom. The Kier molecular flexibility index (Phi) is 6.65. The first-order valence-corrected chi connectivity index (χ1v) is 10.7. The average molecular weight is 473 g/mol. The largest absolute Gasteiger partial charge is 0.481 e. The number of nitrogens with zero attached hydrogens (tertiary/aromatic N) is 1. The molecule has 2 aromatic carbocycles. The molecule has 1 heterocycles. The predicted molar refractivity (Wildman–Crippen MR) is 104 cm³/mol. The molecule has 1 saturated heterocycles. The number of morpholine rings is 1. The maximum atomic E-state index is 13.7. The van der Waals surface area contributed by atoms with Crippen molar-refractivity contribution < 1.29 is 27.1 Å². The minimum Gasteiger partial charge on any atom is -0.481 e. The minimum absolute atomic E-state index is 0.0368. The maximum absolute atomic E-state index is 13.7. The highest BCUT2D eigenvalue weighted by Gasteiger charge is 2.26. The normalized spacial score (nSPS) is 15.2. The van der Waals surface area contributed by atoms with Crippen LogP contribution in [0.15, 0.2) is 51.8 Å². The fourth-order valence-electron chi connectivity index (χ4n) is 2.58. The van der Waals surface area contributed by atoms with Gasteiger partial charge in [0, 0.05) is 23.2 Å². The van der Waals surface area contributed by atoms with E-state index in [2.05, 4.69) is 21.2 Å². The van der Waals surface area contributed by atoms with E-state index in [-0.39, 0.29) is 17.3 Å². The fourth-order valence-corrected chi connectivity index (χ4v) is 4.32. The van der Waals surface area contributed by atoms with Gasteiger partial charge in [0.2, 0.25) is 10.0 Å². The number of nitrogens with one attached hydrogen (secondary N) is 1. The Balaban J connectivity index is 1.58. The number of amides is 1. The molecule has 28 heavy (non-hydrogen) atoms. The number of ether oxygens (including phenoxy) is 2. The molecule has 0 saturated carbocycles. The molecule has 0 spiro atoms. The van der Waals surface area contributed by atoms with Gasteiger partial charge in [-0.25, -0.2) is 12.8 Å². The van der Waals surface area contributed by atoms with Gasteiger partial charge in [-0.3, -0.25) is 4.79 Å². The van der Waals surface area contributed by atoms with Gasteiger partial charge in [0.25, 0.3) is 5.91 Å². The lowest BCUT2D eigenvalue weighted by molar-refractivity contribution is -0.118. The monoisotopic (exact) mass is 472 g/mol. The molecule has 1 aliphatic rings. The zero-order valence-corrected chi connectivity index (χ0v) is 17.1. The van der Waals surface area contributed by atoms with Crippen LogP contribution < -0.4 is 10.1 Å². The van der Waals surface area contributed by atoms with Crippen molar-refractivity contribution in [2.24, 2.45) is 0 Å². The van der Waals surface area contributed by atoms with E-state index in [1.165, 1.54) is 40.7 Å². The maximum Gasteiger partial charge on any atom is 0.262 e. The summed E-state index contributed by atoms with van der Waals surface area (Å²) < 4.78 is 51.1. The van der Waals surface area contributed by atoms with Crippen LogP contribution >= 0.6 is 15.9 Å². The number of hydrogen-bond donors (Lipinski definition) is 1. The number of hydrogen-bond acceptors (Lipinski definition) is 5. The predicted octanol–water partition coefficient (Wildman–Crippen LogP) is 2.63. The Morgan fingerprint density at radius 1 is 1.18 bits per heavy atom. The molecule has 0 radical (unpaired) electrons. The van der Waals surface area contributed by atoms with Gasteiger partial charge in [-0.1, -0.05) is 15.9 Å². The third-order valence-corrected chi connectivity index (χ3v) is 6.40. The number of sulfonamides is 1. The van der Waals surface area contributed by atoms with Crippen LogP contribution in [0.25, 0.3) is 0 Å². The van der Waals surface area contributed by atoms with Gasteiger partial charge in [-0.2, -0.15) is 4.31 Å².